The molecule has 0 aromatic heterocycles. The number of hydrogen-bond donors (Lipinski definition) is 1. The normalized spacial score (nSPS) is 22.2. The molecule has 88 valence electrons. The molecule has 0 bridgehead atoms. The van der Waals surface area contributed by atoms with Crippen molar-refractivity contribution in [1.82, 2.24) is 0 Å². The molecule has 2 rings (SSSR count). The van der Waals surface area contributed by atoms with Crippen LogP contribution in [-0.4, -0.2) is 25.9 Å². The second kappa shape index (κ2) is 5.77. The standard InChI is InChI=1S/C12H16BrNO2/c13-10-3-1-9(2-4-10)12(7-14)16-11-5-6-15-8-11/h1-4,11-12H,5-8,14H2. The van der Waals surface area contributed by atoms with Crippen LogP contribution in [0.5, 0.6) is 0 Å². The first kappa shape index (κ1) is 12.0. The SMILES string of the molecule is NCC(OC1CCOC1)c1ccc(Br)cc1. The summed E-state index contributed by atoms with van der Waals surface area (Å²) in [4.78, 5) is 0. The maximum atomic E-state index is 5.92. The number of rotatable bonds is 4. The fourth-order valence-electron chi connectivity index (χ4n) is 1.80. The van der Waals surface area contributed by atoms with Gasteiger partial charge >= 0.3 is 0 Å². The lowest BCUT2D eigenvalue weighted by Gasteiger charge is -2.20. The van der Waals surface area contributed by atoms with Gasteiger partial charge in [0.2, 0.25) is 0 Å². The molecule has 0 saturated carbocycles. The van der Waals surface area contributed by atoms with Crippen LogP contribution in [0.1, 0.15) is 18.1 Å². The summed E-state index contributed by atoms with van der Waals surface area (Å²) in [7, 11) is 0. The second-order valence-corrected chi connectivity index (χ2v) is 4.81. The molecule has 2 N–H and O–H groups in total. The number of ether oxygens (including phenoxy) is 2. The molecule has 1 saturated heterocycles. The van der Waals surface area contributed by atoms with Crippen LogP contribution in [0.3, 0.4) is 0 Å². The minimum Gasteiger partial charge on any atom is -0.379 e. The highest BCUT2D eigenvalue weighted by atomic mass is 79.9. The lowest BCUT2D eigenvalue weighted by Crippen LogP contribution is -2.22. The van der Waals surface area contributed by atoms with E-state index in [9.17, 15) is 0 Å². The van der Waals surface area contributed by atoms with Gasteiger partial charge < -0.3 is 15.2 Å². The van der Waals surface area contributed by atoms with Gasteiger partial charge in [-0.15, -0.1) is 0 Å². The number of hydrogen-bond acceptors (Lipinski definition) is 3. The average Bonchev–Trinajstić information content (AvgIpc) is 2.80. The molecule has 0 spiro atoms. The number of nitrogens with two attached hydrogens (primary N) is 1. The van der Waals surface area contributed by atoms with Gasteiger partial charge in [0.05, 0.1) is 18.8 Å². The molecule has 16 heavy (non-hydrogen) atoms. The second-order valence-electron chi connectivity index (χ2n) is 3.90. The van der Waals surface area contributed by atoms with Crippen LogP contribution >= 0.6 is 15.9 Å². The van der Waals surface area contributed by atoms with E-state index in [-0.39, 0.29) is 12.2 Å². The summed E-state index contributed by atoms with van der Waals surface area (Å²) in [5, 5.41) is 0. The van der Waals surface area contributed by atoms with Crippen LogP contribution in [0.4, 0.5) is 0 Å². The quantitative estimate of drug-likeness (QED) is 0.923. The first-order valence-corrected chi connectivity index (χ1v) is 6.27. The summed E-state index contributed by atoms with van der Waals surface area (Å²) >= 11 is 3.41. The number of halogens is 1. The molecule has 1 aliphatic heterocycles. The van der Waals surface area contributed by atoms with Gasteiger partial charge in [-0.25, -0.2) is 0 Å². The van der Waals surface area contributed by atoms with Gasteiger partial charge in [0, 0.05) is 17.6 Å². The number of benzene rings is 1. The van der Waals surface area contributed by atoms with E-state index >= 15 is 0 Å². The summed E-state index contributed by atoms with van der Waals surface area (Å²) in [5.41, 5.74) is 6.87. The monoisotopic (exact) mass is 285 g/mol. The van der Waals surface area contributed by atoms with Gasteiger partial charge in [-0.3, -0.25) is 0 Å². The Hall–Kier alpha value is -0.420. The Balaban J connectivity index is 2.00. The maximum Gasteiger partial charge on any atom is 0.0952 e. The lowest BCUT2D eigenvalue weighted by atomic mass is 10.1. The summed E-state index contributed by atoms with van der Waals surface area (Å²) < 4.78 is 12.3. The highest BCUT2D eigenvalue weighted by molar-refractivity contribution is 9.10. The molecule has 1 heterocycles. The summed E-state index contributed by atoms with van der Waals surface area (Å²) in [6.07, 6.45) is 1.13. The Kier molecular flexibility index (Phi) is 4.35. The van der Waals surface area contributed by atoms with Gasteiger partial charge in [-0.2, -0.15) is 0 Å². The molecule has 0 radical (unpaired) electrons. The van der Waals surface area contributed by atoms with Gasteiger partial charge in [-0.05, 0) is 24.1 Å². The Morgan fingerprint density at radius 3 is 2.75 bits per heavy atom. The smallest absolute Gasteiger partial charge is 0.0952 e. The third-order valence-corrected chi connectivity index (χ3v) is 3.23. The van der Waals surface area contributed by atoms with Crippen LogP contribution in [0.15, 0.2) is 28.7 Å². The first-order valence-electron chi connectivity index (χ1n) is 5.48. The molecular weight excluding hydrogens is 270 g/mol. The van der Waals surface area contributed by atoms with Crippen LogP contribution in [0, 0.1) is 0 Å². The molecule has 0 amide bonds. The molecule has 0 aliphatic carbocycles. The van der Waals surface area contributed by atoms with Crippen molar-refractivity contribution in [3.8, 4) is 0 Å². The molecule has 2 atom stereocenters. The van der Waals surface area contributed by atoms with Crippen molar-refractivity contribution in [1.29, 1.82) is 0 Å². The molecule has 4 heteroatoms. The fourth-order valence-corrected chi connectivity index (χ4v) is 2.06. The van der Waals surface area contributed by atoms with E-state index in [0.717, 1.165) is 23.1 Å². The lowest BCUT2D eigenvalue weighted by molar-refractivity contribution is -0.0125. The van der Waals surface area contributed by atoms with Gasteiger partial charge in [0.25, 0.3) is 0 Å². The Morgan fingerprint density at radius 1 is 1.44 bits per heavy atom. The summed E-state index contributed by atoms with van der Waals surface area (Å²) in [5.74, 6) is 0. The van der Waals surface area contributed by atoms with E-state index in [1.54, 1.807) is 0 Å². The third kappa shape index (κ3) is 3.04. The molecule has 1 aliphatic rings. The maximum absolute atomic E-state index is 5.92. The van der Waals surface area contributed by atoms with Crippen molar-refractivity contribution in [3.05, 3.63) is 34.3 Å². The van der Waals surface area contributed by atoms with E-state index in [2.05, 4.69) is 15.9 Å². The minimum absolute atomic E-state index is 0.0280. The summed E-state index contributed by atoms with van der Waals surface area (Å²) in [6.45, 7) is 1.98. The van der Waals surface area contributed by atoms with Crippen LogP contribution < -0.4 is 5.73 Å². The van der Waals surface area contributed by atoms with Gasteiger partial charge in [0.1, 0.15) is 0 Å². The minimum atomic E-state index is -0.0280. The van der Waals surface area contributed by atoms with Crippen molar-refractivity contribution >= 4 is 15.9 Å². The van der Waals surface area contributed by atoms with Crippen LogP contribution in [0.25, 0.3) is 0 Å². The van der Waals surface area contributed by atoms with E-state index in [0.29, 0.717) is 13.2 Å². The van der Waals surface area contributed by atoms with E-state index in [1.807, 2.05) is 24.3 Å². The van der Waals surface area contributed by atoms with E-state index < -0.39 is 0 Å². The zero-order chi connectivity index (χ0) is 11.4. The molecular formula is C12H16BrNO2. The summed E-state index contributed by atoms with van der Waals surface area (Å²) in [6, 6.07) is 8.09. The first-order chi connectivity index (χ1) is 7.79. The fraction of sp³-hybridized carbons (Fsp3) is 0.500. The Labute approximate surface area is 104 Å². The zero-order valence-electron chi connectivity index (χ0n) is 9.06. The van der Waals surface area contributed by atoms with Crippen LogP contribution in [-0.2, 0) is 9.47 Å². The largest absolute Gasteiger partial charge is 0.379 e. The van der Waals surface area contributed by atoms with Crippen molar-refractivity contribution in [3.63, 3.8) is 0 Å². The third-order valence-electron chi connectivity index (χ3n) is 2.70. The molecule has 1 fully saturated rings. The molecule has 1 aromatic carbocycles. The van der Waals surface area contributed by atoms with Crippen molar-refractivity contribution in [2.45, 2.75) is 18.6 Å². The van der Waals surface area contributed by atoms with E-state index in [4.69, 9.17) is 15.2 Å². The zero-order valence-corrected chi connectivity index (χ0v) is 10.7. The predicted octanol–water partition coefficient (Wildman–Crippen LogP) is 2.25. The molecule has 3 nitrogen and oxygen atoms in total. The Morgan fingerprint density at radius 2 is 2.19 bits per heavy atom. The molecule has 1 aromatic rings. The van der Waals surface area contributed by atoms with Crippen molar-refractivity contribution < 1.29 is 9.47 Å². The van der Waals surface area contributed by atoms with Crippen molar-refractivity contribution in [2.24, 2.45) is 5.73 Å². The average molecular weight is 286 g/mol. The van der Waals surface area contributed by atoms with Gasteiger partial charge in [0.15, 0.2) is 0 Å². The Bertz CT molecular complexity index is 322. The van der Waals surface area contributed by atoms with E-state index in [1.165, 1.54) is 0 Å². The highest BCUT2D eigenvalue weighted by Crippen LogP contribution is 2.23. The predicted molar refractivity (Wildman–Crippen MR) is 66.2 cm³/mol. The highest BCUT2D eigenvalue weighted by Gasteiger charge is 2.21. The van der Waals surface area contributed by atoms with Crippen LogP contribution in [0.2, 0.25) is 0 Å². The molecule has 2 unspecified atom stereocenters. The van der Waals surface area contributed by atoms with Gasteiger partial charge in [-0.1, -0.05) is 28.1 Å². The van der Waals surface area contributed by atoms with Crippen molar-refractivity contribution in [2.75, 3.05) is 19.8 Å². The topological polar surface area (TPSA) is 44.5 Å².